The number of carboxylic acid groups (broad SMARTS) is 1. The minimum atomic E-state index is -3.88. The van der Waals surface area contributed by atoms with Crippen molar-refractivity contribution in [1.29, 1.82) is 0 Å². The second kappa shape index (κ2) is 2.60. The molecular weight excluding hydrogens is 143 g/mol. The fourth-order valence-corrected chi connectivity index (χ4v) is 0.263. The molecule has 0 aliphatic carbocycles. The normalized spacial score (nSPS) is 7.43. The predicted octanol–water partition coefficient (Wildman–Crippen LogP) is -0.0948. The van der Waals surface area contributed by atoms with Gasteiger partial charge in [-0.05, 0) is 0 Å². The third kappa shape index (κ3) is 5.45. The molecular formula is CHO5V. The van der Waals surface area contributed by atoms with Gasteiger partial charge in [-0.2, -0.15) is 0 Å². The molecule has 0 spiro atoms. The Bertz CT molecular complexity index is 125. The summed E-state index contributed by atoms with van der Waals surface area (Å²) in [5, 5.41) is 7.50. The van der Waals surface area contributed by atoms with Gasteiger partial charge in [-0.3, -0.25) is 0 Å². The molecule has 0 saturated heterocycles. The van der Waals surface area contributed by atoms with Gasteiger partial charge in [-0.25, -0.2) is 0 Å². The zero-order valence-electron chi connectivity index (χ0n) is 3.03. The second-order valence-electron chi connectivity index (χ2n) is 0.581. The zero-order chi connectivity index (χ0) is 5.86. The van der Waals surface area contributed by atoms with Gasteiger partial charge in [-0.1, -0.05) is 0 Å². The van der Waals surface area contributed by atoms with E-state index < -0.39 is 21.6 Å². The molecule has 0 amide bonds. The Morgan fingerprint density at radius 3 is 2.00 bits per heavy atom. The number of hydrogen-bond acceptors (Lipinski definition) is 4. The fraction of sp³-hybridized carbons (Fsp3) is 0. The summed E-state index contributed by atoms with van der Waals surface area (Å²) in [6.07, 6.45) is -1.77. The van der Waals surface area contributed by atoms with Crippen LogP contribution in [0.4, 0.5) is 4.79 Å². The first kappa shape index (κ1) is 6.45. The van der Waals surface area contributed by atoms with Crippen molar-refractivity contribution in [3.63, 3.8) is 0 Å². The van der Waals surface area contributed by atoms with E-state index >= 15 is 0 Å². The molecule has 0 aliphatic rings. The van der Waals surface area contributed by atoms with Crippen molar-refractivity contribution in [2.24, 2.45) is 0 Å². The minimum absolute atomic E-state index is 1.77. The Hall–Kier alpha value is -0.546. The van der Waals surface area contributed by atoms with Crippen molar-refractivity contribution < 1.29 is 36.3 Å². The van der Waals surface area contributed by atoms with Gasteiger partial charge >= 0.3 is 42.5 Å². The van der Waals surface area contributed by atoms with E-state index in [1.54, 1.807) is 0 Å². The van der Waals surface area contributed by atoms with Gasteiger partial charge in [-0.15, -0.1) is 0 Å². The third-order valence-corrected chi connectivity index (χ3v) is 0.629. The van der Waals surface area contributed by atoms with Crippen LogP contribution in [0.2, 0.25) is 0 Å². The van der Waals surface area contributed by atoms with Gasteiger partial charge in [0.1, 0.15) is 0 Å². The first-order valence-corrected chi connectivity index (χ1v) is 2.89. The van der Waals surface area contributed by atoms with Crippen LogP contribution in [-0.4, -0.2) is 11.3 Å². The zero-order valence-corrected chi connectivity index (χ0v) is 4.42. The van der Waals surface area contributed by atoms with Crippen molar-refractivity contribution in [3.05, 3.63) is 0 Å². The van der Waals surface area contributed by atoms with E-state index in [4.69, 9.17) is 5.11 Å². The van der Waals surface area contributed by atoms with Crippen LogP contribution in [0.3, 0.4) is 0 Å². The Kier molecular flexibility index (Phi) is 2.40. The summed E-state index contributed by atoms with van der Waals surface area (Å²) in [6.45, 7) is 0. The van der Waals surface area contributed by atoms with E-state index in [2.05, 4.69) is 3.66 Å². The maximum atomic E-state index is 9.32. The molecule has 0 bridgehead atoms. The molecule has 0 unspecified atom stereocenters. The molecule has 0 rings (SSSR count). The molecule has 1 N–H and O–H groups in total. The van der Waals surface area contributed by atoms with Gasteiger partial charge in [0.15, 0.2) is 0 Å². The van der Waals surface area contributed by atoms with Crippen LogP contribution in [-0.2, 0) is 26.4 Å². The standard InChI is InChI=1S/CH2O3.2O.V/c2-1(3)4;;;/h(H2,2,3,4);;;/q;;;+1/p-1. The number of hydrogen-bond donors (Lipinski definition) is 1. The Morgan fingerprint density at radius 1 is 1.57 bits per heavy atom. The summed E-state index contributed by atoms with van der Waals surface area (Å²) >= 11 is -3.88. The van der Waals surface area contributed by atoms with Crippen LogP contribution in [0.15, 0.2) is 0 Å². The van der Waals surface area contributed by atoms with E-state index in [1.807, 2.05) is 0 Å². The number of carbonyl (C=O) groups is 1. The van der Waals surface area contributed by atoms with E-state index in [-0.39, 0.29) is 0 Å². The quantitative estimate of drug-likeness (QED) is 0.555. The summed E-state index contributed by atoms with van der Waals surface area (Å²) in [5.74, 6) is 0. The van der Waals surface area contributed by atoms with Crippen molar-refractivity contribution in [2.75, 3.05) is 0 Å². The van der Waals surface area contributed by atoms with Gasteiger partial charge in [0.05, 0.1) is 0 Å². The molecule has 0 heterocycles. The monoisotopic (exact) mass is 144 g/mol. The molecule has 0 aromatic heterocycles. The molecule has 5 nitrogen and oxygen atoms in total. The topological polar surface area (TPSA) is 80.7 Å². The molecule has 7 heavy (non-hydrogen) atoms. The Labute approximate surface area is 43.3 Å². The van der Waals surface area contributed by atoms with Crippen LogP contribution in [0, 0.1) is 0 Å². The van der Waals surface area contributed by atoms with E-state index in [0.29, 0.717) is 0 Å². The maximum absolute atomic E-state index is 9.32. The van der Waals surface area contributed by atoms with Crippen LogP contribution < -0.4 is 0 Å². The summed E-state index contributed by atoms with van der Waals surface area (Å²) in [5.41, 5.74) is 0. The molecule has 0 radical (unpaired) electrons. The van der Waals surface area contributed by atoms with Crippen LogP contribution in [0.1, 0.15) is 0 Å². The van der Waals surface area contributed by atoms with Crippen molar-refractivity contribution in [1.82, 2.24) is 0 Å². The summed E-state index contributed by atoms with van der Waals surface area (Å²) in [6, 6.07) is 0. The van der Waals surface area contributed by atoms with Crippen LogP contribution in [0.25, 0.3) is 0 Å². The molecule has 0 aromatic rings. The SMILES string of the molecule is O=C(O)[O][V](=[O])=[O]. The Balaban J connectivity index is 3.53. The van der Waals surface area contributed by atoms with Gasteiger partial charge in [0, 0.05) is 0 Å². The fourth-order valence-electron chi connectivity index (χ4n) is 0.0638. The van der Waals surface area contributed by atoms with Gasteiger partial charge in [0.25, 0.3) is 0 Å². The van der Waals surface area contributed by atoms with Crippen LogP contribution in [0.5, 0.6) is 0 Å². The van der Waals surface area contributed by atoms with Crippen LogP contribution >= 0.6 is 0 Å². The predicted molar refractivity (Wildman–Crippen MR) is 10.5 cm³/mol. The van der Waals surface area contributed by atoms with Crippen molar-refractivity contribution in [3.8, 4) is 0 Å². The van der Waals surface area contributed by atoms with Gasteiger partial charge < -0.3 is 0 Å². The second-order valence-corrected chi connectivity index (χ2v) is 1.56. The molecule has 40 valence electrons. The van der Waals surface area contributed by atoms with E-state index in [9.17, 15) is 12.1 Å². The summed E-state index contributed by atoms with van der Waals surface area (Å²) < 4.78 is 21.9. The average molecular weight is 144 g/mol. The first-order chi connectivity index (χ1) is 3.13. The molecule has 0 aromatic carbocycles. The third-order valence-electron chi connectivity index (χ3n) is 0.153. The van der Waals surface area contributed by atoms with E-state index in [0.717, 1.165) is 0 Å². The molecule has 0 saturated carbocycles. The molecule has 6 heteroatoms. The molecule has 0 fully saturated rings. The van der Waals surface area contributed by atoms with Crippen molar-refractivity contribution in [2.45, 2.75) is 0 Å². The first-order valence-electron chi connectivity index (χ1n) is 1.18. The molecule has 0 atom stereocenters. The molecule has 0 aliphatic heterocycles. The van der Waals surface area contributed by atoms with Crippen molar-refractivity contribution >= 4 is 6.16 Å². The number of rotatable bonds is 1. The van der Waals surface area contributed by atoms with E-state index in [1.165, 1.54) is 0 Å². The summed E-state index contributed by atoms with van der Waals surface area (Å²) in [7, 11) is 0. The van der Waals surface area contributed by atoms with Gasteiger partial charge in [0.2, 0.25) is 0 Å². The Morgan fingerprint density at radius 2 is 2.00 bits per heavy atom. The average Bonchev–Trinajstić information content (AvgIpc) is 1.27. The summed E-state index contributed by atoms with van der Waals surface area (Å²) in [4.78, 5) is 9.22.